The minimum Gasteiger partial charge on any atom is -0.372 e. The van der Waals surface area contributed by atoms with Crippen molar-refractivity contribution in [3.8, 4) is 0 Å². The SMILES string of the molecule is [C-]#[N+]C1=C(C)/C(=C/C=Cc2ccc(N(CC)CC)cc2C)C(=O)N(c2ccc(S(=O)(=O)Nc3ccccc3)cc2)C1=O. The number of benzene rings is 3. The summed E-state index contributed by atoms with van der Waals surface area (Å²) < 4.78 is 28.1. The standard InChI is InChI=1S/C33H32N4O4S/c1-6-36(7-2)28-17-16-25(23(3)22-28)12-11-15-30-24(4)31(34-5)33(39)37(32(30)38)27-18-20-29(21-19-27)42(40,41)35-26-13-9-8-10-14-26/h8-22,35H,6-7H2,1-4H3/b12-11?,30-15-. The summed E-state index contributed by atoms with van der Waals surface area (Å²) in [5, 5.41) is 0. The van der Waals surface area contributed by atoms with Gasteiger partial charge in [0.15, 0.2) is 0 Å². The molecular formula is C33H32N4O4S. The Morgan fingerprint density at radius 1 is 0.929 bits per heavy atom. The van der Waals surface area contributed by atoms with Gasteiger partial charge >= 0.3 is 0 Å². The zero-order valence-corrected chi connectivity index (χ0v) is 24.8. The molecule has 0 saturated carbocycles. The Bertz CT molecular complexity index is 1750. The molecule has 3 aromatic rings. The number of nitrogens with zero attached hydrogens (tertiary/aromatic N) is 3. The van der Waals surface area contributed by atoms with Crippen LogP contribution in [0.15, 0.2) is 107 Å². The van der Waals surface area contributed by atoms with E-state index < -0.39 is 21.8 Å². The Morgan fingerprint density at radius 2 is 1.60 bits per heavy atom. The molecule has 42 heavy (non-hydrogen) atoms. The van der Waals surface area contributed by atoms with Crippen LogP contribution in [-0.2, 0) is 19.6 Å². The lowest BCUT2D eigenvalue weighted by molar-refractivity contribution is -0.123. The maximum atomic E-state index is 13.6. The summed E-state index contributed by atoms with van der Waals surface area (Å²) in [7, 11) is -3.89. The minimum atomic E-state index is -3.89. The lowest BCUT2D eigenvalue weighted by atomic mass is 9.97. The lowest BCUT2D eigenvalue weighted by Gasteiger charge is -2.27. The van der Waals surface area contributed by atoms with E-state index in [1.807, 2.05) is 19.1 Å². The first kappa shape index (κ1) is 30.0. The molecule has 1 N–H and O–H groups in total. The van der Waals surface area contributed by atoms with Crippen LogP contribution in [0.2, 0.25) is 0 Å². The van der Waals surface area contributed by atoms with E-state index in [4.69, 9.17) is 6.57 Å². The van der Waals surface area contributed by atoms with E-state index in [0.717, 1.165) is 34.8 Å². The van der Waals surface area contributed by atoms with Crippen molar-refractivity contribution in [2.24, 2.45) is 0 Å². The van der Waals surface area contributed by atoms with Gasteiger partial charge in [-0.25, -0.2) is 13.3 Å². The second-order valence-corrected chi connectivity index (χ2v) is 11.3. The van der Waals surface area contributed by atoms with Crippen LogP contribution in [-0.4, -0.2) is 33.3 Å². The predicted molar refractivity (Wildman–Crippen MR) is 167 cm³/mol. The third-order valence-corrected chi connectivity index (χ3v) is 8.46. The summed E-state index contributed by atoms with van der Waals surface area (Å²) in [6.45, 7) is 17.2. The van der Waals surface area contributed by atoms with Gasteiger partial charge in [0.05, 0.1) is 17.2 Å². The summed E-state index contributed by atoms with van der Waals surface area (Å²) in [4.78, 5) is 33.3. The Balaban J connectivity index is 1.62. The van der Waals surface area contributed by atoms with E-state index >= 15 is 0 Å². The molecule has 0 spiro atoms. The number of rotatable bonds is 9. The quantitative estimate of drug-likeness (QED) is 0.181. The van der Waals surface area contributed by atoms with Crippen molar-refractivity contribution in [1.29, 1.82) is 0 Å². The van der Waals surface area contributed by atoms with Gasteiger partial charge in [0.25, 0.3) is 27.5 Å². The van der Waals surface area contributed by atoms with Crippen LogP contribution in [0.4, 0.5) is 17.1 Å². The Kier molecular flexibility index (Phi) is 9.09. The highest BCUT2D eigenvalue weighted by molar-refractivity contribution is 7.92. The Morgan fingerprint density at radius 3 is 2.19 bits per heavy atom. The number of sulfonamides is 1. The monoisotopic (exact) mass is 580 g/mol. The summed E-state index contributed by atoms with van der Waals surface area (Å²) >= 11 is 0. The number of nitrogens with one attached hydrogen (secondary N) is 1. The highest BCUT2D eigenvalue weighted by Gasteiger charge is 2.36. The number of carbonyl (C=O) groups excluding carboxylic acids is 2. The first-order valence-electron chi connectivity index (χ1n) is 13.5. The summed E-state index contributed by atoms with van der Waals surface area (Å²) in [6, 6.07) is 20.0. The largest absolute Gasteiger partial charge is 0.372 e. The van der Waals surface area contributed by atoms with Gasteiger partial charge in [0, 0.05) is 30.0 Å². The van der Waals surface area contributed by atoms with Crippen LogP contribution in [0.25, 0.3) is 10.9 Å². The number of amides is 2. The molecule has 1 heterocycles. The zero-order valence-electron chi connectivity index (χ0n) is 24.0. The van der Waals surface area contributed by atoms with E-state index in [-0.39, 0.29) is 21.9 Å². The molecule has 214 valence electrons. The molecule has 0 atom stereocenters. The van der Waals surface area contributed by atoms with Crippen molar-refractivity contribution in [2.75, 3.05) is 27.6 Å². The fourth-order valence-corrected chi connectivity index (χ4v) is 5.76. The van der Waals surface area contributed by atoms with Gasteiger partial charge in [-0.05, 0) is 92.9 Å². The van der Waals surface area contributed by atoms with Gasteiger partial charge < -0.3 is 4.90 Å². The molecule has 0 unspecified atom stereocenters. The number of aryl methyl sites for hydroxylation is 1. The van der Waals surface area contributed by atoms with Crippen LogP contribution in [0.1, 0.15) is 31.9 Å². The molecule has 0 aliphatic carbocycles. The Hall–Kier alpha value is -4.94. The van der Waals surface area contributed by atoms with Gasteiger partial charge in [0.2, 0.25) is 0 Å². The number of anilines is 3. The second-order valence-electron chi connectivity index (χ2n) is 9.65. The molecule has 4 rings (SSSR count). The molecule has 1 aliphatic rings. The van der Waals surface area contributed by atoms with Gasteiger partial charge in [-0.15, -0.1) is 0 Å². The summed E-state index contributed by atoms with van der Waals surface area (Å²) in [6.07, 6.45) is 5.21. The third kappa shape index (κ3) is 6.19. The van der Waals surface area contributed by atoms with Crippen LogP contribution in [0, 0.1) is 13.5 Å². The summed E-state index contributed by atoms with van der Waals surface area (Å²) in [5.74, 6) is -1.35. The van der Waals surface area contributed by atoms with Crippen LogP contribution >= 0.6 is 0 Å². The molecule has 0 aromatic heterocycles. The van der Waals surface area contributed by atoms with E-state index in [1.165, 1.54) is 24.3 Å². The molecule has 0 fully saturated rings. The maximum absolute atomic E-state index is 13.6. The molecular weight excluding hydrogens is 548 g/mol. The number of allylic oxidation sites excluding steroid dienone is 2. The zero-order chi connectivity index (χ0) is 30.4. The van der Waals surface area contributed by atoms with Crippen LogP contribution in [0.3, 0.4) is 0 Å². The van der Waals surface area contributed by atoms with Crippen molar-refractivity contribution in [1.82, 2.24) is 0 Å². The molecule has 0 radical (unpaired) electrons. The average molecular weight is 581 g/mol. The summed E-state index contributed by atoms with van der Waals surface area (Å²) in [5.41, 5.74) is 4.09. The third-order valence-electron chi connectivity index (χ3n) is 7.06. The van der Waals surface area contributed by atoms with Crippen molar-refractivity contribution in [3.63, 3.8) is 0 Å². The van der Waals surface area contributed by atoms with Crippen LogP contribution < -0.4 is 14.5 Å². The van der Waals surface area contributed by atoms with Gasteiger partial charge in [-0.3, -0.25) is 19.2 Å². The Labute approximate surface area is 247 Å². The number of para-hydroxylation sites is 1. The first-order chi connectivity index (χ1) is 20.1. The van der Waals surface area contributed by atoms with Crippen molar-refractivity contribution in [2.45, 2.75) is 32.6 Å². The van der Waals surface area contributed by atoms with Gasteiger partial charge in [-0.2, -0.15) is 0 Å². The number of imide groups is 1. The number of hydrogen-bond acceptors (Lipinski definition) is 5. The van der Waals surface area contributed by atoms with Crippen molar-refractivity contribution < 1.29 is 18.0 Å². The van der Waals surface area contributed by atoms with Crippen molar-refractivity contribution in [3.05, 3.63) is 124 Å². The lowest BCUT2D eigenvalue weighted by Crippen LogP contribution is -2.42. The predicted octanol–water partition coefficient (Wildman–Crippen LogP) is 6.35. The van der Waals surface area contributed by atoms with E-state index in [0.29, 0.717) is 11.3 Å². The van der Waals surface area contributed by atoms with Crippen molar-refractivity contribution >= 4 is 45.0 Å². The number of hydrogen-bond donors (Lipinski definition) is 1. The second kappa shape index (κ2) is 12.7. The molecule has 2 amide bonds. The molecule has 9 heteroatoms. The first-order valence-corrected chi connectivity index (χ1v) is 15.0. The molecule has 8 nitrogen and oxygen atoms in total. The van der Waals surface area contributed by atoms with E-state index in [9.17, 15) is 18.0 Å². The van der Waals surface area contributed by atoms with Crippen LogP contribution in [0.5, 0.6) is 0 Å². The van der Waals surface area contributed by atoms with E-state index in [1.54, 1.807) is 49.4 Å². The average Bonchev–Trinajstić information content (AvgIpc) is 2.97. The molecule has 0 saturated heterocycles. The normalized spacial score (nSPS) is 14.9. The van der Waals surface area contributed by atoms with Gasteiger partial charge in [-0.1, -0.05) is 42.5 Å². The topological polar surface area (TPSA) is 91.2 Å². The highest BCUT2D eigenvalue weighted by atomic mass is 32.2. The maximum Gasteiger partial charge on any atom is 0.264 e. The molecule has 1 aliphatic heterocycles. The molecule has 0 bridgehead atoms. The molecule has 3 aromatic carbocycles. The fraction of sp³-hybridized carbons (Fsp3) is 0.182. The van der Waals surface area contributed by atoms with Gasteiger partial charge in [0.1, 0.15) is 0 Å². The highest BCUT2D eigenvalue weighted by Crippen LogP contribution is 2.31. The number of carbonyl (C=O) groups is 2. The fourth-order valence-electron chi connectivity index (χ4n) is 4.70. The smallest absolute Gasteiger partial charge is 0.264 e. The minimum absolute atomic E-state index is 0.0368. The van der Waals surface area contributed by atoms with E-state index in [2.05, 4.69) is 40.4 Å².